The first kappa shape index (κ1) is 23.4. The van der Waals surface area contributed by atoms with Gasteiger partial charge in [-0.1, -0.05) is 37.6 Å². The number of hydrogen-bond acceptors (Lipinski definition) is 5. The summed E-state index contributed by atoms with van der Waals surface area (Å²) in [6.07, 6.45) is 6.13. The number of halogens is 1. The number of carbonyl (C=O) groups is 2. The Kier molecular flexibility index (Phi) is 7.83. The van der Waals surface area contributed by atoms with Gasteiger partial charge in [-0.2, -0.15) is 0 Å². The van der Waals surface area contributed by atoms with E-state index in [-0.39, 0.29) is 28.5 Å². The van der Waals surface area contributed by atoms with E-state index in [0.717, 1.165) is 30.8 Å². The Balaban J connectivity index is 0.00000300. The van der Waals surface area contributed by atoms with Crippen LogP contribution in [0.1, 0.15) is 40.5 Å². The normalized spacial score (nSPS) is 21.3. The van der Waals surface area contributed by atoms with E-state index in [1.54, 1.807) is 12.1 Å². The molecule has 158 valence electrons. The molecular weight excluding hydrogens is 430 g/mol. The predicted octanol–water partition coefficient (Wildman–Crippen LogP) is 3.53. The summed E-state index contributed by atoms with van der Waals surface area (Å²) in [6.45, 7) is 3.56. The zero-order valence-electron chi connectivity index (χ0n) is 17.7. The quantitative estimate of drug-likeness (QED) is 0.672. The summed E-state index contributed by atoms with van der Waals surface area (Å²) in [6, 6.07) is 7.20. The molecule has 3 rings (SSSR count). The maximum Gasteiger partial charge on any atom is 0.173 e. The first-order valence-corrected chi connectivity index (χ1v) is 10.1. The molecule has 6 heteroatoms. The molecule has 0 saturated heterocycles. The van der Waals surface area contributed by atoms with Crippen LogP contribution in [-0.2, 0) is 0 Å². The number of ketones is 2. The van der Waals surface area contributed by atoms with Crippen molar-refractivity contribution in [3.8, 4) is 0 Å². The minimum atomic E-state index is -0.477. The molecule has 0 fully saturated rings. The van der Waals surface area contributed by atoms with E-state index in [2.05, 4.69) is 11.8 Å². The van der Waals surface area contributed by atoms with Gasteiger partial charge in [0.05, 0.1) is 11.8 Å². The highest BCUT2D eigenvalue weighted by Crippen LogP contribution is 2.42. The molecule has 29 heavy (non-hydrogen) atoms. The fourth-order valence-corrected chi connectivity index (χ4v) is 4.52. The van der Waals surface area contributed by atoms with Crippen molar-refractivity contribution in [3.63, 3.8) is 0 Å². The number of Topliss-reactive ketones (excluding diaryl/α,β-unsaturated/α-hetero) is 2. The van der Waals surface area contributed by atoms with Crippen molar-refractivity contribution in [1.82, 2.24) is 9.80 Å². The van der Waals surface area contributed by atoms with Crippen LogP contribution in [0.25, 0.3) is 0 Å². The van der Waals surface area contributed by atoms with E-state index >= 15 is 0 Å². The summed E-state index contributed by atoms with van der Waals surface area (Å²) in [7, 11) is 5.86. The Labute approximate surface area is 184 Å². The third kappa shape index (κ3) is 4.33. The van der Waals surface area contributed by atoms with Crippen molar-refractivity contribution in [2.24, 2.45) is 23.5 Å². The molecule has 0 radical (unpaired) electrons. The number of rotatable bonds is 7. The number of fused-ring (bicyclic) bond motifs is 2. The number of nitrogens with zero attached hydrogens (tertiary/aromatic N) is 2. The second-order valence-corrected chi connectivity index (χ2v) is 8.08. The molecule has 1 aromatic rings. The van der Waals surface area contributed by atoms with Crippen LogP contribution in [-0.4, -0.2) is 55.6 Å². The van der Waals surface area contributed by atoms with Gasteiger partial charge in [0.2, 0.25) is 0 Å². The van der Waals surface area contributed by atoms with Crippen molar-refractivity contribution in [1.29, 1.82) is 0 Å². The Hall–Kier alpha value is -1.92. The fourth-order valence-electron chi connectivity index (χ4n) is 4.52. The van der Waals surface area contributed by atoms with Crippen LogP contribution in [0.2, 0.25) is 0 Å². The second kappa shape index (κ2) is 9.72. The lowest BCUT2D eigenvalue weighted by atomic mass is 9.69. The van der Waals surface area contributed by atoms with Gasteiger partial charge in [-0.15, -0.1) is 17.0 Å². The lowest BCUT2D eigenvalue weighted by Gasteiger charge is -2.41. The third-order valence-corrected chi connectivity index (χ3v) is 5.94. The van der Waals surface area contributed by atoms with Gasteiger partial charge in [-0.05, 0) is 31.0 Å². The Morgan fingerprint density at radius 3 is 1.97 bits per heavy atom. The SMILES string of the molecule is Br.CCCC(CN)CN(C)C1=CC=C(N(C)C)C2C(=O)c3ccccc3C(=O)C12. The Morgan fingerprint density at radius 1 is 0.966 bits per heavy atom. The molecule has 0 aromatic heterocycles. The Bertz CT molecular complexity index is 831. The maximum atomic E-state index is 13.5. The number of carbonyl (C=O) groups excluding carboxylic acids is 2. The van der Waals surface area contributed by atoms with Gasteiger partial charge >= 0.3 is 0 Å². The summed E-state index contributed by atoms with van der Waals surface area (Å²) in [5.41, 5.74) is 8.84. The van der Waals surface area contributed by atoms with Crippen LogP contribution in [0.3, 0.4) is 0 Å². The van der Waals surface area contributed by atoms with Gasteiger partial charge in [-0.3, -0.25) is 9.59 Å². The van der Waals surface area contributed by atoms with E-state index in [0.29, 0.717) is 23.6 Å². The van der Waals surface area contributed by atoms with E-state index in [1.165, 1.54) is 0 Å². The molecule has 0 spiro atoms. The fraction of sp³-hybridized carbons (Fsp3) is 0.478. The van der Waals surface area contributed by atoms with Crippen molar-refractivity contribution in [2.75, 3.05) is 34.2 Å². The molecule has 3 unspecified atom stereocenters. The predicted molar refractivity (Wildman–Crippen MR) is 122 cm³/mol. The highest BCUT2D eigenvalue weighted by Gasteiger charge is 2.47. The summed E-state index contributed by atoms with van der Waals surface area (Å²) < 4.78 is 0. The molecule has 0 heterocycles. The van der Waals surface area contributed by atoms with Gasteiger partial charge in [0.25, 0.3) is 0 Å². The van der Waals surface area contributed by atoms with Crippen LogP contribution < -0.4 is 5.73 Å². The number of hydrogen-bond donors (Lipinski definition) is 1. The number of nitrogens with two attached hydrogens (primary N) is 1. The minimum absolute atomic E-state index is 0. The number of benzene rings is 1. The minimum Gasteiger partial charge on any atom is -0.380 e. The monoisotopic (exact) mass is 461 g/mol. The van der Waals surface area contributed by atoms with Gasteiger partial charge in [0.15, 0.2) is 11.6 Å². The highest BCUT2D eigenvalue weighted by molar-refractivity contribution is 8.93. The first-order valence-electron chi connectivity index (χ1n) is 10.1. The van der Waals surface area contributed by atoms with E-state index < -0.39 is 11.8 Å². The molecule has 0 aliphatic heterocycles. The van der Waals surface area contributed by atoms with Gasteiger partial charge < -0.3 is 15.5 Å². The average Bonchev–Trinajstić information content (AvgIpc) is 2.70. The van der Waals surface area contributed by atoms with Crippen LogP contribution in [0.4, 0.5) is 0 Å². The summed E-state index contributed by atoms with van der Waals surface area (Å²) in [4.78, 5) is 30.9. The smallest absolute Gasteiger partial charge is 0.173 e. The topological polar surface area (TPSA) is 66.6 Å². The molecule has 2 aliphatic rings. The van der Waals surface area contributed by atoms with Gasteiger partial charge in [0, 0.05) is 50.2 Å². The lowest BCUT2D eigenvalue weighted by molar-refractivity contribution is 0.0741. The number of allylic oxidation sites excluding steroid dienone is 4. The zero-order valence-corrected chi connectivity index (χ0v) is 19.4. The standard InChI is InChI=1S/C23H31N3O2.BrH/c1-5-8-15(13-24)14-26(4)19-12-11-18(25(2)3)20-21(19)23(28)17-10-7-6-9-16(17)22(20)27;/h6-7,9-12,15,20-21H,5,8,13-14,24H2,1-4H3;1H. The van der Waals surface area contributed by atoms with Gasteiger partial charge in [0.1, 0.15) is 0 Å². The van der Waals surface area contributed by atoms with Crippen molar-refractivity contribution in [3.05, 3.63) is 58.9 Å². The molecule has 3 atom stereocenters. The van der Waals surface area contributed by atoms with Crippen molar-refractivity contribution >= 4 is 28.5 Å². The Morgan fingerprint density at radius 2 is 1.48 bits per heavy atom. The van der Waals surface area contributed by atoms with Crippen LogP contribution in [0.5, 0.6) is 0 Å². The molecule has 1 aromatic carbocycles. The lowest BCUT2D eigenvalue weighted by Crippen LogP contribution is -2.46. The molecule has 0 saturated carbocycles. The first-order chi connectivity index (χ1) is 13.4. The summed E-state index contributed by atoms with van der Waals surface area (Å²) in [5.74, 6) is -0.513. The van der Waals surface area contributed by atoms with E-state index in [1.807, 2.05) is 50.3 Å². The second-order valence-electron chi connectivity index (χ2n) is 8.08. The van der Waals surface area contributed by atoms with Gasteiger partial charge in [-0.25, -0.2) is 0 Å². The van der Waals surface area contributed by atoms with Crippen LogP contribution in [0.15, 0.2) is 47.8 Å². The van der Waals surface area contributed by atoms with E-state index in [9.17, 15) is 9.59 Å². The molecule has 5 nitrogen and oxygen atoms in total. The zero-order chi connectivity index (χ0) is 20.4. The molecular formula is C23H32BrN3O2. The third-order valence-electron chi connectivity index (χ3n) is 5.94. The largest absolute Gasteiger partial charge is 0.380 e. The van der Waals surface area contributed by atoms with E-state index in [4.69, 9.17) is 5.73 Å². The molecule has 2 aliphatic carbocycles. The summed E-state index contributed by atoms with van der Waals surface area (Å²) in [5, 5.41) is 0. The van der Waals surface area contributed by atoms with Crippen molar-refractivity contribution in [2.45, 2.75) is 19.8 Å². The molecule has 0 amide bonds. The summed E-state index contributed by atoms with van der Waals surface area (Å²) >= 11 is 0. The maximum absolute atomic E-state index is 13.5. The van der Waals surface area contributed by atoms with Crippen LogP contribution in [0, 0.1) is 17.8 Å². The molecule has 0 bridgehead atoms. The van der Waals surface area contributed by atoms with Crippen LogP contribution >= 0.6 is 17.0 Å². The van der Waals surface area contributed by atoms with Crippen molar-refractivity contribution < 1.29 is 9.59 Å². The average molecular weight is 462 g/mol. The highest BCUT2D eigenvalue weighted by atomic mass is 79.9. The molecule has 2 N–H and O–H groups in total.